The lowest BCUT2D eigenvalue weighted by molar-refractivity contribution is -0.147. The number of methoxy groups -OCH3 is 1. The Kier molecular flexibility index (Phi) is 3.56. The van der Waals surface area contributed by atoms with Gasteiger partial charge in [0.1, 0.15) is 0 Å². The van der Waals surface area contributed by atoms with Crippen molar-refractivity contribution in [1.82, 2.24) is 5.32 Å². The van der Waals surface area contributed by atoms with Gasteiger partial charge in [0.25, 0.3) is 0 Å². The summed E-state index contributed by atoms with van der Waals surface area (Å²) in [6.45, 7) is 0.821. The molecule has 0 spiro atoms. The first-order chi connectivity index (χ1) is 5.81. The number of hydrogen-bond donors (Lipinski definition) is 1. The summed E-state index contributed by atoms with van der Waals surface area (Å²) in [4.78, 5) is 11.3. The molecule has 2 rings (SSSR count). The molecule has 0 aromatic rings. The number of ether oxygens (including phenoxy) is 1. The Labute approximate surface area is 84.6 Å². The Bertz CT molecular complexity index is 198. The summed E-state index contributed by atoms with van der Waals surface area (Å²) in [6, 6.07) is 0.677. The van der Waals surface area contributed by atoms with Gasteiger partial charge in [-0.05, 0) is 25.2 Å². The van der Waals surface area contributed by atoms with Gasteiger partial charge >= 0.3 is 5.97 Å². The van der Waals surface area contributed by atoms with Crippen LogP contribution in [0.15, 0.2) is 0 Å². The van der Waals surface area contributed by atoms with Crippen molar-refractivity contribution < 1.29 is 9.53 Å². The van der Waals surface area contributed by atoms with Crippen molar-refractivity contribution in [2.45, 2.75) is 25.3 Å². The molecular weight excluding hydrogens is 190 g/mol. The molecule has 1 saturated heterocycles. The van der Waals surface area contributed by atoms with Gasteiger partial charge in [-0.2, -0.15) is 0 Å². The number of nitrogens with one attached hydrogen (secondary N) is 1. The number of piperidine rings is 1. The summed E-state index contributed by atoms with van der Waals surface area (Å²) in [5, 5.41) is 3.37. The zero-order valence-electron chi connectivity index (χ0n) is 7.79. The van der Waals surface area contributed by atoms with E-state index in [-0.39, 0.29) is 24.3 Å². The van der Waals surface area contributed by atoms with Gasteiger partial charge in [-0.3, -0.25) is 4.79 Å². The minimum atomic E-state index is -0.0344. The minimum absolute atomic E-state index is 0. The monoisotopic (exact) mass is 205 g/mol. The molecule has 13 heavy (non-hydrogen) atoms. The van der Waals surface area contributed by atoms with Gasteiger partial charge in [-0.15, -0.1) is 12.4 Å². The maximum atomic E-state index is 11.3. The third-order valence-electron chi connectivity index (χ3n) is 3.17. The van der Waals surface area contributed by atoms with Crippen LogP contribution in [0.1, 0.15) is 19.3 Å². The SMILES string of the molecule is COC(=O)C1CNC2CCC1C2.Cl. The van der Waals surface area contributed by atoms with E-state index >= 15 is 0 Å². The van der Waals surface area contributed by atoms with Crippen molar-refractivity contribution in [3.05, 3.63) is 0 Å². The number of hydrogen-bond acceptors (Lipinski definition) is 3. The number of esters is 1. The van der Waals surface area contributed by atoms with Crippen LogP contribution in [0.25, 0.3) is 0 Å². The van der Waals surface area contributed by atoms with E-state index in [2.05, 4.69) is 5.32 Å². The van der Waals surface area contributed by atoms with Gasteiger partial charge in [0.15, 0.2) is 0 Å². The van der Waals surface area contributed by atoms with Crippen LogP contribution in [0.3, 0.4) is 0 Å². The van der Waals surface area contributed by atoms with Gasteiger partial charge in [0.2, 0.25) is 0 Å². The van der Waals surface area contributed by atoms with E-state index in [0.29, 0.717) is 12.0 Å². The first-order valence-electron chi connectivity index (χ1n) is 4.62. The highest BCUT2D eigenvalue weighted by atomic mass is 35.5. The predicted octanol–water partition coefficient (Wildman–Crippen LogP) is 0.969. The van der Waals surface area contributed by atoms with Crippen molar-refractivity contribution in [3.8, 4) is 0 Å². The molecule has 0 aromatic carbocycles. The molecule has 76 valence electrons. The summed E-state index contributed by atoms with van der Waals surface area (Å²) in [5.74, 6) is 0.672. The smallest absolute Gasteiger partial charge is 0.310 e. The lowest BCUT2D eigenvalue weighted by atomic mass is 9.88. The fourth-order valence-electron chi connectivity index (χ4n) is 2.45. The molecular formula is C9H16ClNO2. The second-order valence-corrected chi connectivity index (χ2v) is 3.81. The number of rotatable bonds is 1. The molecule has 3 atom stereocenters. The molecule has 2 fully saturated rings. The molecule has 0 radical (unpaired) electrons. The Hall–Kier alpha value is -0.280. The van der Waals surface area contributed by atoms with Crippen molar-refractivity contribution >= 4 is 18.4 Å². The third-order valence-corrected chi connectivity index (χ3v) is 3.17. The number of carbonyl (C=O) groups excluding carboxylic acids is 1. The molecule has 0 amide bonds. The Morgan fingerprint density at radius 3 is 2.92 bits per heavy atom. The number of halogens is 1. The average Bonchev–Trinajstić information content (AvgIpc) is 2.47. The first-order valence-corrected chi connectivity index (χ1v) is 4.62. The zero-order chi connectivity index (χ0) is 8.55. The Balaban J connectivity index is 0.000000845. The van der Waals surface area contributed by atoms with E-state index in [1.165, 1.54) is 26.4 Å². The molecule has 1 saturated carbocycles. The number of fused-ring (bicyclic) bond motifs is 2. The van der Waals surface area contributed by atoms with Crippen LogP contribution in [0.4, 0.5) is 0 Å². The van der Waals surface area contributed by atoms with E-state index in [1.54, 1.807) is 0 Å². The summed E-state index contributed by atoms with van der Waals surface area (Å²) >= 11 is 0. The van der Waals surface area contributed by atoms with Crippen LogP contribution in [0.5, 0.6) is 0 Å². The van der Waals surface area contributed by atoms with Crippen LogP contribution in [0.2, 0.25) is 0 Å². The summed E-state index contributed by atoms with van der Waals surface area (Å²) in [5.41, 5.74) is 0. The van der Waals surface area contributed by atoms with E-state index in [4.69, 9.17) is 4.74 Å². The maximum absolute atomic E-state index is 11.3. The van der Waals surface area contributed by atoms with Crippen molar-refractivity contribution in [3.63, 3.8) is 0 Å². The average molecular weight is 206 g/mol. The van der Waals surface area contributed by atoms with E-state index in [0.717, 1.165) is 6.54 Å². The largest absolute Gasteiger partial charge is 0.469 e. The second-order valence-electron chi connectivity index (χ2n) is 3.81. The second kappa shape index (κ2) is 4.29. The van der Waals surface area contributed by atoms with Gasteiger partial charge in [0.05, 0.1) is 13.0 Å². The molecule has 0 aromatic heterocycles. The number of carbonyl (C=O) groups is 1. The Morgan fingerprint density at radius 2 is 2.23 bits per heavy atom. The van der Waals surface area contributed by atoms with Gasteiger partial charge < -0.3 is 10.1 Å². The van der Waals surface area contributed by atoms with Crippen LogP contribution in [-0.4, -0.2) is 25.7 Å². The maximum Gasteiger partial charge on any atom is 0.310 e. The molecule has 2 aliphatic rings. The lowest BCUT2D eigenvalue weighted by Gasteiger charge is -2.27. The lowest BCUT2D eigenvalue weighted by Crippen LogP contribution is -2.42. The highest BCUT2D eigenvalue weighted by Gasteiger charge is 2.39. The molecule has 1 N–H and O–H groups in total. The predicted molar refractivity (Wildman–Crippen MR) is 51.9 cm³/mol. The third kappa shape index (κ3) is 1.97. The summed E-state index contributed by atoms with van der Waals surface area (Å²) in [7, 11) is 1.48. The van der Waals surface area contributed by atoms with Gasteiger partial charge in [-0.1, -0.05) is 0 Å². The molecule has 1 heterocycles. The van der Waals surface area contributed by atoms with Crippen LogP contribution in [0, 0.1) is 11.8 Å². The summed E-state index contributed by atoms with van der Waals surface area (Å²) < 4.78 is 4.76. The first kappa shape index (κ1) is 10.8. The topological polar surface area (TPSA) is 38.3 Å². The normalized spacial score (nSPS) is 36.5. The quantitative estimate of drug-likeness (QED) is 0.649. The van der Waals surface area contributed by atoms with E-state index in [1.807, 2.05) is 0 Å². The highest BCUT2D eigenvalue weighted by Crippen LogP contribution is 2.35. The van der Waals surface area contributed by atoms with Crippen molar-refractivity contribution in [2.24, 2.45) is 11.8 Å². The van der Waals surface area contributed by atoms with Crippen LogP contribution >= 0.6 is 12.4 Å². The molecule has 4 heteroatoms. The van der Waals surface area contributed by atoms with Gasteiger partial charge in [-0.25, -0.2) is 0 Å². The molecule has 2 bridgehead atoms. The minimum Gasteiger partial charge on any atom is -0.469 e. The highest BCUT2D eigenvalue weighted by molar-refractivity contribution is 5.85. The van der Waals surface area contributed by atoms with E-state index in [9.17, 15) is 4.79 Å². The summed E-state index contributed by atoms with van der Waals surface area (Å²) in [6.07, 6.45) is 3.59. The van der Waals surface area contributed by atoms with Crippen LogP contribution in [-0.2, 0) is 9.53 Å². The standard InChI is InChI=1S/C9H15NO2.ClH/c1-12-9(11)8-5-10-7-3-2-6(8)4-7;/h6-8,10H,2-5H2,1H3;1H. The molecule has 1 aliphatic carbocycles. The molecule has 3 unspecified atom stereocenters. The Morgan fingerprint density at radius 1 is 1.46 bits per heavy atom. The zero-order valence-corrected chi connectivity index (χ0v) is 8.60. The van der Waals surface area contributed by atoms with Crippen molar-refractivity contribution in [2.75, 3.05) is 13.7 Å². The fraction of sp³-hybridized carbons (Fsp3) is 0.889. The molecule has 3 nitrogen and oxygen atoms in total. The van der Waals surface area contributed by atoms with Crippen LogP contribution < -0.4 is 5.32 Å². The van der Waals surface area contributed by atoms with E-state index < -0.39 is 0 Å². The fourth-order valence-corrected chi connectivity index (χ4v) is 2.45. The van der Waals surface area contributed by atoms with Gasteiger partial charge in [0, 0.05) is 12.6 Å². The molecule has 1 aliphatic heterocycles. The van der Waals surface area contributed by atoms with Crippen molar-refractivity contribution in [1.29, 1.82) is 0 Å².